The quantitative estimate of drug-likeness (QED) is 0.864. The summed E-state index contributed by atoms with van der Waals surface area (Å²) in [5.41, 5.74) is 7.48. The Morgan fingerprint density at radius 3 is 2.67 bits per heavy atom. The van der Waals surface area contributed by atoms with Crippen molar-refractivity contribution in [2.45, 2.75) is 32.2 Å². The largest absolute Gasteiger partial charge is 0.320 e. The Balaban J connectivity index is 0.00000162. The van der Waals surface area contributed by atoms with E-state index in [1.165, 1.54) is 0 Å². The normalized spacial score (nSPS) is 17.9. The van der Waals surface area contributed by atoms with Gasteiger partial charge in [0.1, 0.15) is 0 Å². The Kier molecular flexibility index (Phi) is 4.31. The van der Waals surface area contributed by atoms with Crippen LogP contribution in [0.5, 0.6) is 0 Å². The topological polar surface area (TPSA) is 46.3 Å². The molecule has 100 valence electrons. The number of rotatable bonds is 1. The van der Waals surface area contributed by atoms with Crippen molar-refractivity contribution < 1.29 is 4.79 Å². The molecule has 0 aliphatic carbocycles. The lowest BCUT2D eigenvalue weighted by molar-refractivity contribution is -0.119. The van der Waals surface area contributed by atoms with Gasteiger partial charge in [-0.2, -0.15) is 0 Å². The number of nitrogens with two attached hydrogens (primary N) is 1. The Bertz CT molecular complexity index is 472. The third kappa shape index (κ3) is 2.35. The van der Waals surface area contributed by atoms with E-state index < -0.39 is 6.04 Å². The van der Waals surface area contributed by atoms with Crippen LogP contribution >= 0.6 is 24.0 Å². The van der Waals surface area contributed by atoms with Crippen molar-refractivity contribution in [1.82, 2.24) is 0 Å². The van der Waals surface area contributed by atoms with E-state index in [9.17, 15) is 4.79 Å². The molecule has 1 aromatic carbocycles. The van der Waals surface area contributed by atoms with Crippen molar-refractivity contribution in [2.75, 3.05) is 11.4 Å². The molecule has 1 aromatic rings. The van der Waals surface area contributed by atoms with E-state index in [0.29, 0.717) is 11.6 Å². The molecule has 2 rings (SSSR count). The first kappa shape index (κ1) is 15.3. The zero-order valence-electron chi connectivity index (χ0n) is 10.7. The minimum absolute atomic E-state index is 0. The lowest BCUT2D eigenvalue weighted by Gasteiger charge is -2.22. The molecule has 0 saturated heterocycles. The maximum atomic E-state index is 12.1. The van der Waals surface area contributed by atoms with Gasteiger partial charge in [-0.3, -0.25) is 4.79 Å². The summed E-state index contributed by atoms with van der Waals surface area (Å²) < 4.78 is 0. The fourth-order valence-electron chi connectivity index (χ4n) is 2.41. The summed E-state index contributed by atoms with van der Waals surface area (Å²) in [6.07, 6.45) is 0. The lowest BCUT2D eigenvalue weighted by Crippen LogP contribution is -2.43. The molecule has 0 saturated carbocycles. The van der Waals surface area contributed by atoms with Crippen LogP contribution < -0.4 is 10.6 Å². The molecule has 0 spiro atoms. The molecule has 0 radical (unpaired) electrons. The van der Waals surface area contributed by atoms with Gasteiger partial charge in [-0.05, 0) is 19.1 Å². The zero-order valence-corrected chi connectivity index (χ0v) is 12.3. The van der Waals surface area contributed by atoms with Gasteiger partial charge in [0.05, 0.1) is 6.04 Å². The SMILES string of the molecule is C[C@@H](N)C(=O)N1CC(C)(C)c2c(Cl)cccc21.Cl. The fraction of sp³-hybridized carbons (Fsp3) is 0.462. The third-order valence-corrected chi connectivity index (χ3v) is 3.48. The minimum Gasteiger partial charge on any atom is -0.320 e. The monoisotopic (exact) mass is 288 g/mol. The molecule has 0 bridgehead atoms. The first-order valence-electron chi connectivity index (χ1n) is 5.70. The molecule has 0 fully saturated rings. The highest BCUT2D eigenvalue weighted by atomic mass is 35.5. The van der Waals surface area contributed by atoms with E-state index in [4.69, 9.17) is 17.3 Å². The van der Waals surface area contributed by atoms with Gasteiger partial charge in [0.2, 0.25) is 5.91 Å². The Labute approximate surface area is 119 Å². The average molecular weight is 289 g/mol. The second-order valence-corrected chi connectivity index (χ2v) is 5.64. The van der Waals surface area contributed by atoms with Crippen LogP contribution in [0.3, 0.4) is 0 Å². The fourth-order valence-corrected chi connectivity index (χ4v) is 2.83. The number of benzene rings is 1. The summed E-state index contributed by atoms with van der Waals surface area (Å²) in [4.78, 5) is 13.8. The average Bonchev–Trinajstić information content (AvgIpc) is 2.51. The van der Waals surface area contributed by atoms with E-state index in [0.717, 1.165) is 11.3 Å². The second-order valence-electron chi connectivity index (χ2n) is 5.23. The predicted octanol–water partition coefficient (Wildman–Crippen LogP) is 2.73. The van der Waals surface area contributed by atoms with Crippen LogP contribution in [0, 0.1) is 0 Å². The van der Waals surface area contributed by atoms with Crippen LogP contribution in [-0.2, 0) is 10.2 Å². The summed E-state index contributed by atoms with van der Waals surface area (Å²) in [6.45, 7) is 6.52. The summed E-state index contributed by atoms with van der Waals surface area (Å²) in [5.74, 6) is -0.0564. The van der Waals surface area contributed by atoms with E-state index in [-0.39, 0.29) is 23.7 Å². The molecule has 0 aromatic heterocycles. The number of halogens is 2. The van der Waals surface area contributed by atoms with Gasteiger partial charge in [-0.25, -0.2) is 0 Å². The predicted molar refractivity (Wildman–Crippen MR) is 77.7 cm³/mol. The van der Waals surface area contributed by atoms with Crippen molar-refractivity contribution in [3.05, 3.63) is 28.8 Å². The molecular weight excluding hydrogens is 271 g/mol. The number of carbonyl (C=O) groups excluding carboxylic acids is 1. The maximum absolute atomic E-state index is 12.1. The standard InChI is InChI=1S/C13H17ClN2O.ClH/c1-8(15)12(17)16-7-13(2,3)11-9(14)5-4-6-10(11)16;/h4-6,8H,7,15H2,1-3H3;1H/t8-;/m1./s1. The van der Waals surface area contributed by atoms with Crippen LogP contribution in [0.15, 0.2) is 18.2 Å². The summed E-state index contributed by atoms with van der Waals surface area (Å²) in [7, 11) is 0. The van der Waals surface area contributed by atoms with Crippen molar-refractivity contribution >= 4 is 35.6 Å². The van der Waals surface area contributed by atoms with Crippen LogP contribution in [0.2, 0.25) is 5.02 Å². The number of carbonyl (C=O) groups is 1. The number of amides is 1. The third-order valence-electron chi connectivity index (χ3n) is 3.17. The molecule has 2 N–H and O–H groups in total. The number of hydrogen-bond acceptors (Lipinski definition) is 2. The van der Waals surface area contributed by atoms with Crippen LogP contribution in [0.1, 0.15) is 26.3 Å². The van der Waals surface area contributed by atoms with Crippen LogP contribution in [-0.4, -0.2) is 18.5 Å². The van der Waals surface area contributed by atoms with Gasteiger partial charge in [0, 0.05) is 28.2 Å². The van der Waals surface area contributed by atoms with Crippen LogP contribution in [0.4, 0.5) is 5.69 Å². The highest BCUT2D eigenvalue weighted by Crippen LogP contribution is 2.44. The molecule has 1 amide bonds. The van der Waals surface area contributed by atoms with Gasteiger partial charge in [-0.15, -0.1) is 12.4 Å². The molecule has 0 unspecified atom stereocenters. The number of fused-ring (bicyclic) bond motifs is 1. The first-order chi connectivity index (χ1) is 7.84. The number of anilines is 1. The molecule has 1 aliphatic rings. The highest BCUT2D eigenvalue weighted by molar-refractivity contribution is 6.32. The minimum atomic E-state index is -0.490. The van der Waals surface area contributed by atoms with Crippen molar-refractivity contribution in [3.8, 4) is 0 Å². The zero-order chi connectivity index (χ0) is 12.8. The second kappa shape index (κ2) is 5.08. The maximum Gasteiger partial charge on any atom is 0.243 e. The molecule has 18 heavy (non-hydrogen) atoms. The van der Waals surface area contributed by atoms with Crippen LogP contribution in [0.25, 0.3) is 0 Å². The van der Waals surface area contributed by atoms with Crippen molar-refractivity contribution in [3.63, 3.8) is 0 Å². The first-order valence-corrected chi connectivity index (χ1v) is 6.08. The van der Waals surface area contributed by atoms with E-state index in [1.54, 1.807) is 11.8 Å². The van der Waals surface area contributed by atoms with Crippen molar-refractivity contribution in [2.24, 2.45) is 5.73 Å². The van der Waals surface area contributed by atoms with E-state index >= 15 is 0 Å². The Hall–Kier alpha value is -0.770. The molecule has 1 heterocycles. The Morgan fingerprint density at radius 1 is 1.50 bits per heavy atom. The molecule has 1 aliphatic heterocycles. The number of nitrogens with zero attached hydrogens (tertiary/aromatic N) is 1. The molecular formula is C13H18Cl2N2O. The Morgan fingerprint density at radius 2 is 2.11 bits per heavy atom. The summed E-state index contributed by atoms with van der Waals surface area (Å²) >= 11 is 6.23. The highest BCUT2D eigenvalue weighted by Gasteiger charge is 2.39. The van der Waals surface area contributed by atoms with Gasteiger partial charge in [0.15, 0.2) is 0 Å². The molecule has 1 atom stereocenters. The van der Waals surface area contributed by atoms with Gasteiger partial charge in [-0.1, -0.05) is 31.5 Å². The summed E-state index contributed by atoms with van der Waals surface area (Å²) in [5, 5.41) is 0.715. The van der Waals surface area contributed by atoms with E-state index in [2.05, 4.69) is 13.8 Å². The number of hydrogen-bond donors (Lipinski definition) is 1. The molecule has 3 nitrogen and oxygen atoms in total. The smallest absolute Gasteiger partial charge is 0.243 e. The van der Waals surface area contributed by atoms with Gasteiger partial charge in [0.25, 0.3) is 0 Å². The lowest BCUT2D eigenvalue weighted by atomic mass is 9.87. The van der Waals surface area contributed by atoms with E-state index in [1.807, 2.05) is 18.2 Å². The van der Waals surface area contributed by atoms with Gasteiger partial charge < -0.3 is 10.6 Å². The molecule has 5 heteroatoms. The van der Waals surface area contributed by atoms with Gasteiger partial charge >= 0.3 is 0 Å². The summed E-state index contributed by atoms with van der Waals surface area (Å²) in [6, 6.07) is 5.16. The van der Waals surface area contributed by atoms with Crippen molar-refractivity contribution in [1.29, 1.82) is 0 Å².